The molecule has 2 aliphatic heterocycles. The van der Waals surface area contributed by atoms with E-state index in [1.54, 1.807) is 18.2 Å². The molecule has 1 aromatic carbocycles. The molecule has 1 N–H and O–H groups in total. The van der Waals surface area contributed by atoms with Crippen molar-refractivity contribution in [3.63, 3.8) is 0 Å². The van der Waals surface area contributed by atoms with Gasteiger partial charge in [-0.3, -0.25) is 4.79 Å². The molecule has 0 saturated carbocycles. The van der Waals surface area contributed by atoms with Gasteiger partial charge in [-0.1, -0.05) is 12.1 Å². The van der Waals surface area contributed by atoms with E-state index in [2.05, 4.69) is 4.74 Å². The molecule has 0 aromatic heterocycles. The lowest BCUT2D eigenvalue weighted by atomic mass is 9.78. The minimum absolute atomic E-state index is 0.144. The van der Waals surface area contributed by atoms with Crippen molar-refractivity contribution in [2.75, 3.05) is 13.7 Å². The first-order chi connectivity index (χ1) is 10.0. The van der Waals surface area contributed by atoms with Gasteiger partial charge in [-0.25, -0.2) is 4.79 Å². The first kappa shape index (κ1) is 14.0. The highest BCUT2D eigenvalue weighted by Crippen LogP contribution is 2.45. The van der Waals surface area contributed by atoms with Gasteiger partial charge in [0.1, 0.15) is 5.75 Å². The number of hydrogen-bond donors (Lipinski definition) is 1. The summed E-state index contributed by atoms with van der Waals surface area (Å²) in [6, 6.07) is 6.47. The molecule has 1 spiro atoms. The van der Waals surface area contributed by atoms with E-state index < -0.39 is 23.1 Å². The average Bonchev–Trinajstić information content (AvgIpc) is 2.53. The minimum atomic E-state index is -2.49. The molecule has 6 heteroatoms. The predicted molar refractivity (Wildman–Crippen MR) is 70.9 cm³/mol. The molecule has 6 nitrogen and oxygen atoms in total. The van der Waals surface area contributed by atoms with Crippen molar-refractivity contribution in [1.29, 1.82) is 0 Å². The number of carbonyl (C=O) groups excluding carboxylic acids is 2. The smallest absolute Gasteiger partial charge is 0.353 e. The molecule has 21 heavy (non-hydrogen) atoms. The molecular formula is C15H16O6. The lowest BCUT2D eigenvalue weighted by Crippen LogP contribution is -2.71. The van der Waals surface area contributed by atoms with Crippen LogP contribution < -0.4 is 4.74 Å². The lowest BCUT2D eigenvalue weighted by Gasteiger charge is -2.48. The Balaban J connectivity index is 2.18. The third kappa shape index (κ3) is 1.79. The van der Waals surface area contributed by atoms with Gasteiger partial charge >= 0.3 is 5.97 Å². The highest BCUT2D eigenvalue weighted by atomic mass is 16.7. The zero-order valence-corrected chi connectivity index (χ0v) is 11.6. The number of fused-ring (bicyclic) bond motifs is 1. The fourth-order valence-corrected chi connectivity index (χ4v) is 2.89. The molecule has 1 aromatic rings. The van der Waals surface area contributed by atoms with Crippen molar-refractivity contribution in [3.05, 3.63) is 29.8 Å². The summed E-state index contributed by atoms with van der Waals surface area (Å²) in [5.41, 5.74) is -2.35. The van der Waals surface area contributed by atoms with Gasteiger partial charge in [-0.05, 0) is 25.0 Å². The zero-order chi connectivity index (χ0) is 15.1. The first-order valence-electron chi connectivity index (χ1n) is 6.83. The maximum atomic E-state index is 12.7. The molecular weight excluding hydrogens is 276 g/mol. The fraction of sp³-hybridized carbons (Fsp3) is 0.467. The zero-order valence-electron chi connectivity index (χ0n) is 11.6. The molecule has 112 valence electrons. The van der Waals surface area contributed by atoms with Gasteiger partial charge < -0.3 is 19.3 Å². The molecule has 2 atom stereocenters. The second-order valence-electron chi connectivity index (χ2n) is 5.19. The van der Waals surface area contributed by atoms with Crippen molar-refractivity contribution >= 4 is 11.8 Å². The summed E-state index contributed by atoms with van der Waals surface area (Å²) in [7, 11) is 1.12. The molecule has 2 aliphatic rings. The van der Waals surface area contributed by atoms with Crippen LogP contribution in [0.3, 0.4) is 0 Å². The van der Waals surface area contributed by atoms with Crippen LogP contribution >= 0.6 is 0 Å². The van der Waals surface area contributed by atoms with Crippen molar-refractivity contribution < 1.29 is 28.9 Å². The third-order valence-electron chi connectivity index (χ3n) is 4.00. The Kier molecular flexibility index (Phi) is 3.22. The largest absolute Gasteiger partial charge is 0.466 e. The summed E-state index contributed by atoms with van der Waals surface area (Å²) >= 11 is 0. The van der Waals surface area contributed by atoms with E-state index in [-0.39, 0.29) is 12.0 Å². The first-order valence-corrected chi connectivity index (χ1v) is 6.83. The Morgan fingerprint density at radius 1 is 1.33 bits per heavy atom. The van der Waals surface area contributed by atoms with Crippen molar-refractivity contribution in [1.82, 2.24) is 0 Å². The minimum Gasteiger partial charge on any atom is -0.466 e. The highest BCUT2D eigenvalue weighted by molar-refractivity contribution is 6.18. The Bertz CT molecular complexity index is 590. The molecule has 3 rings (SSSR count). The van der Waals surface area contributed by atoms with Gasteiger partial charge in [0.25, 0.3) is 11.4 Å². The van der Waals surface area contributed by atoms with Crippen molar-refractivity contribution in [3.8, 4) is 5.75 Å². The topological polar surface area (TPSA) is 82.1 Å². The summed E-state index contributed by atoms with van der Waals surface area (Å²) in [6.45, 7) is 0.300. The number of ether oxygens (including phenoxy) is 3. The Hall–Kier alpha value is -1.92. The normalized spacial score (nSPS) is 31.4. The number of aliphatic hydroxyl groups is 1. The van der Waals surface area contributed by atoms with Gasteiger partial charge in [0.05, 0.1) is 19.3 Å². The molecule has 0 bridgehead atoms. The van der Waals surface area contributed by atoms with Gasteiger partial charge in [0.15, 0.2) is 0 Å². The van der Waals surface area contributed by atoms with Crippen LogP contribution in [0.1, 0.15) is 29.6 Å². The van der Waals surface area contributed by atoms with Crippen molar-refractivity contribution in [2.45, 2.75) is 30.7 Å². The number of methoxy groups -OCH3 is 1. The van der Waals surface area contributed by atoms with E-state index in [4.69, 9.17) is 9.47 Å². The molecule has 1 fully saturated rings. The van der Waals surface area contributed by atoms with Gasteiger partial charge in [-0.15, -0.1) is 0 Å². The molecule has 0 aliphatic carbocycles. The van der Waals surface area contributed by atoms with Crippen LogP contribution in [0.2, 0.25) is 0 Å². The quantitative estimate of drug-likeness (QED) is 0.615. The summed E-state index contributed by atoms with van der Waals surface area (Å²) in [5.74, 6) is -3.23. The van der Waals surface area contributed by atoms with Crippen LogP contribution in [0.25, 0.3) is 0 Å². The lowest BCUT2D eigenvalue weighted by molar-refractivity contribution is -0.282. The summed E-state index contributed by atoms with van der Waals surface area (Å²) in [5, 5.41) is 10.9. The fourth-order valence-electron chi connectivity index (χ4n) is 2.89. The van der Waals surface area contributed by atoms with E-state index >= 15 is 0 Å². The maximum absolute atomic E-state index is 12.7. The second kappa shape index (κ2) is 4.82. The molecule has 0 unspecified atom stereocenters. The molecule has 0 radical (unpaired) electrons. The molecule has 2 heterocycles. The van der Waals surface area contributed by atoms with Gasteiger partial charge in [-0.2, -0.15) is 0 Å². The van der Waals surface area contributed by atoms with E-state index in [1.165, 1.54) is 6.07 Å². The third-order valence-corrected chi connectivity index (χ3v) is 4.00. The van der Waals surface area contributed by atoms with Crippen molar-refractivity contribution in [2.24, 2.45) is 0 Å². The maximum Gasteiger partial charge on any atom is 0.353 e. The summed E-state index contributed by atoms with van der Waals surface area (Å²) in [6.07, 6.45) is 1.69. The standard InChI is InChI=1S/C15H16O6/c1-19-13(17)15(18)12(16)10-6-2-3-7-11(10)21-14(15)8-4-5-9-20-14/h2-3,6-7,18H,4-5,8-9H2,1H3/t14-,15-/m1/s1. The molecule has 1 saturated heterocycles. The van der Waals surface area contributed by atoms with Crippen LogP contribution in [0.15, 0.2) is 24.3 Å². The summed E-state index contributed by atoms with van der Waals surface area (Å²) in [4.78, 5) is 24.8. The number of esters is 1. The monoisotopic (exact) mass is 292 g/mol. The van der Waals surface area contributed by atoms with Crippen LogP contribution in [0.5, 0.6) is 5.75 Å². The number of benzene rings is 1. The number of ketones is 1. The van der Waals surface area contributed by atoms with Gasteiger partial charge in [0, 0.05) is 6.42 Å². The SMILES string of the molecule is COC(=O)[C@]1(O)C(=O)c2ccccc2O[C@]12CCCCO2. The number of para-hydroxylation sites is 1. The van der Waals surface area contributed by atoms with Crippen LogP contribution in [0.4, 0.5) is 0 Å². The van der Waals surface area contributed by atoms with Crippen LogP contribution in [-0.2, 0) is 14.3 Å². The Labute approximate surface area is 121 Å². The van der Waals surface area contributed by atoms with E-state index in [1.807, 2.05) is 0 Å². The average molecular weight is 292 g/mol. The Morgan fingerprint density at radius 2 is 2.10 bits per heavy atom. The Morgan fingerprint density at radius 3 is 2.76 bits per heavy atom. The summed E-state index contributed by atoms with van der Waals surface area (Å²) < 4.78 is 16.0. The van der Waals surface area contributed by atoms with E-state index in [9.17, 15) is 14.7 Å². The highest BCUT2D eigenvalue weighted by Gasteiger charge is 2.68. The number of carbonyl (C=O) groups is 2. The number of hydrogen-bond acceptors (Lipinski definition) is 6. The van der Waals surface area contributed by atoms with Crippen LogP contribution in [0, 0.1) is 0 Å². The van der Waals surface area contributed by atoms with E-state index in [0.717, 1.165) is 13.5 Å². The second-order valence-corrected chi connectivity index (χ2v) is 5.19. The predicted octanol–water partition coefficient (Wildman–Crippen LogP) is 1.06. The van der Waals surface area contributed by atoms with Crippen LogP contribution in [-0.4, -0.2) is 42.0 Å². The number of rotatable bonds is 1. The molecule has 0 amide bonds. The number of Topliss-reactive ketones (excluding diaryl/α,β-unsaturated/α-hetero) is 1. The van der Waals surface area contributed by atoms with Gasteiger partial charge in [0.2, 0.25) is 5.78 Å². The van der Waals surface area contributed by atoms with E-state index in [0.29, 0.717) is 18.8 Å².